The lowest BCUT2D eigenvalue weighted by molar-refractivity contribution is 0.406. The van der Waals surface area contributed by atoms with Crippen LogP contribution >= 0.6 is 0 Å². The first-order valence-corrected chi connectivity index (χ1v) is 16.2. The molecule has 2 N–H and O–H groups in total. The van der Waals surface area contributed by atoms with E-state index in [2.05, 4.69) is 39.3 Å². The van der Waals surface area contributed by atoms with Crippen LogP contribution in [0.5, 0.6) is 23.0 Å². The average molecular weight is 413 g/mol. The van der Waals surface area contributed by atoms with Crippen molar-refractivity contribution in [1.29, 1.82) is 0 Å². The number of benzene rings is 3. The van der Waals surface area contributed by atoms with Crippen LogP contribution in [-0.4, -0.2) is 26.8 Å². The van der Waals surface area contributed by atoms with Crippen molar-refractivity contribution in [3.8, 4) is 34.1 Å². The number of phenols is 2. The molecule has 0 radical (unpaired) electrons. The van der Waals surface area contributed by atoms with E-state index in [0.29, 0.717) is 11.3 Å². The normalized spacial score (nSPS) is 12.2. The van der Waals surface area contributed by atoms with Crippen molar-refractivity contribution >= 4 is 27.4 Å². The van der Waals surface area contributed by atoms with Gasteiger partial charge in [-0.3, -0.25) is 0 Å². The van der Waals surface area contributed by atoms with Gasteiger partial charge >= 0.3 is 0 Å². The number of aromatic hydroxyl groups is 2. The number of hydrogen-bond donors (Lipinski definition) is 2. The van der Waals surface area contributed by atoms with Gasteiger partial charge in [-0.15, -0.1) is 0 Å². The highest BCUT2D eigenvalue weighted by Crippen LogP contribution is 2.45. The second kappa shape index (κ2) is 7.18. The maximum absolute atomic E-state index is 10.6. The molecule has 0 bridgehead atoms. The van der Waals surface area contributed by atoms with Crippen molar-refractivity contribution in [1.82, 2.24) is 0 Å². The standard InChI is InChI=1S/C22H28O4Si2/c1-27(2,3)25-19-12-11-16(14-20(19)26-28(4,5)6)21-17-10-8-7-9-15(17)13-18(23)22(21)24/h7-14,23-24H,1-6H3. The molecule has 0 saturated heterocycles. The fourth-order valence-corrected chi connectivity index (χ4v) is 4.75. The van der Waals surface area contributed by atoms with Crippen molar-refractivity contribution < 1.29 is 19.1 Å². The predicted octanol–water partition coefficient (Wildman–Crippen LogP) is 6.35. The number of hydrogen-bond acceptors (Lipinski definition) is 4. The van der Waals surface area contributed by atoms with Crippen molar-refractivity contribution in [3.05, 3.63) is 48.5 Å². The highest BCUT2D eigenvalue weighted by molar-refractivity contribution is 6.71. The van der Waals surface area contributed by atoms with Crippen LogP contribution in [0.15, 0.2) is 48.5 Å². The first kappa shape index (κ1) is 20.3. The van der Waals surface area contributed by atoms with Crippen LogP contribution in [0.25, 0.3) is 21.9 Å². The lowest BCUT2D eigenvalue weighted by Crippen LogP contribution is -2.32. The van der Waals surface area contributed by atoms with Crippen molar-refractivity contribution in [2.24, 2.45) is 0 Å². The second-order valence-electron chi connectivity index (χ2n) is 8.93. The van der Waals surface area contributed by atoms with Gasteiger partial charge < -0.3 is 19.1 Å². The number of phenolic OH excluding ortho intramolecular Hbond substituents is 2. The lowest BCUT2D eigenvalue weighted by Gasteiger charge is -2.26. The van der Waals surface area contributed by atoms with Crippen LogP contribution < -0.4 is 8.85 Å². The Morgan fingerprint density at radius 2 is 1.32 bits per heavy atom. The first-order valence-electron chi connectivity index (χ1n) is 9.41. The molecule has 3 rings (SSSR count). The molecule has 0 atom stereocenters. The summed E-state index contributed by atoms with van der Waals surface area (Å²) in [7, 11) is -3.70. The number of rotatable bonds is 5. The Morgan fingerprint density at radius 3 is 1.96 bits per heavy atom. The third-order valence-electron chi connectivity index (χ3n) is 4.07. The molecule has 0 fully saturated rings. The molecule has 0 amide bonds. The van der Waals surface area contributed by atoms with Gasteiger partial charge in [-0.25, -0.2) is 0 Å². The molecule has 0 unspecified atom stereocenters. The molecular formula is C22H28O4Si2. The Balaban J connectivity index is 2.22. The van der Waals surface area contributed by atoms with Crippen LogP contribution in [0.3, 0.4) is 0 Å². The molecule has 0 spiro atoms. The average Bonchev–Trinajstić information content (AvgIpc) is 2.55. The maximum Gasteiger partial charge on any atom is 0.242 e. The molecule has 148 valence electrons. The van der Waals surface area contributed by atoms with Crippen LogP contribution in [0.4, 0.5) is 0 Å². The van der Waals surface area contributed by atoms with Crippen molar-refractivity contribution in [2.75, 3.05) is 0 Å². The van der Waals surface area contributed by atoms with E-state index < -0.39 is 16.6 Å². The van der Waals surface area contributed by atoms with Crippen molar-refractivity contribution in [2.45, 2.75) is 39.3 Å². The van der Waals surface area contributed by atoms with Gasteiger partial charge in [0.15, 0.2) is 11.5 Å². The summed E-state index contributed by atoms with van der Waals surface area (Å²) in [4.78, 5) is 0. The van der Waals surface area contributed by atoms with E-state index in [1.807, 2.05) is 42.5 Å². The fourth-order valence-electron chi connectivity index (χ4n) is 3.10. The fraction of sp³-hybridized carbons (Fsp3) is 0.273. The van der Waals surface area contributed by atoms with Gasteiger partial charge in [0, 0.05) is 5.56 Å². The molecular weight excluding hydrogens is 384 g/mol. The topological polar surface area (TPSA) is 58.9 Å². The zero-order valence-corrected chi connectivity index (χ0v) is 19.3. The lowest BCUT2D eigenvalue weighted by atomic mass is 9.96. The van der Waals surface area contributed by atoms with Crippen LogP contribution in [-0.2, 0) is 0 Å². The molecule has 3 aromatic rings. The van der Waals surface area contributed by atoms with Gasteiger partial charge in [0.25, 0.3) is 0 Å². The second-order valence-corrected chi connectivity index (χ2v) is 17.8. The van der Waals surface area contributed by atoms with E-state index in [1.54, 1.807) is 6.07 Å². The highest BCUT2D eigenvalue weighted by atomic mass is 28.4. The Hall–Kier alpha value is -2.45. The van der Waals surface area contributed by atoms with E-state index in [9.17, 15) is 10.2 Å². The summed E-state index contributed by atoms with van der Waals surface area (Å²) >= 11 is 0. The quantitative estimate of drug-likeness (QED) is 0.379. The van der Waals surface area contributed by atoms with E-state index in [-0.39, 0.29) is 11.5 Å². The predicted molar refractivity (Wildman–Crippen MR) is 121 cm³/mol. The van der Waals surface area contributed by atoms with Crippen LogP contribution in [0, 0.1) is 0 Å². The summed E-state index contributed by atoms with van der Waals surface area (Å²) in [5.41, 5.74) is 1.37. The summed E-state index contributed by atoms with van der Waals surface area (Å²) < 4.78 is 12.6. The van der Waals surface area contributed by atoms with Gasteiger partial charge in [0.05, 0.1) is 0 Å². The van der Waals surface area contributed by atoms with Gasteiger partial charge in [-0.1, -0.05) is 30.3 Å². The molecule has 0 aliphatic carbocycles. The SMILES string of the molecule is C[Si](C)(C)Oc1ccc(-c2c(O)c(O)cc3ccccc23)cc1O[Si](C)(C)C. The Labute approximate surface area is 168 Å². The smallest absolute Gasteiger partial charge is 0.242 e. The minimum atomic E-state index is -1.88. The van der Waals surface area contributed by atoms with Gasteiger partial charge in [0.1, 0.15) is 11.5 Å². The molecule has 6 heteroatoms. The third kappa shape index (κ3) is 4.51. The molecule has 28 heavy (non-hydrogen) atoms. The first-order chi connectivity index (χ1) is 12.9. The van der Waals surface area contributed by atoms with E-state index >= 15 is 0 Å². The molecule has 0 saturated carbocycles. The summed E-state index contributed by atoms with van der Waals surface area (Å²) in [6.07, 6.45) is 0. The van der Waals surface area contributed by atoms with Gasteiger partial charge in [-0.05, 0) is 73.8 Å². The summed E-state index contributed by atoms with van der Waals surface area (Å²) in [6, 6.07) is 15.0. The van der Waals surface area contributed by atoms with E-state index in [1.165, 1.54) is 0 Å². The van der Waals surface area contributed by atoms with E-state index in [4.69, 9.17) is 8.85 Å². The monoisotopic (exact) mass is 412 g/mol. The molecule has 3 aromatic carbocycles. The third-order valence-corrected chi connectivity index (χ3v) is 5.73. The van der Waals surface area contributed by atoms with Crippen LogP contribution in [0.2, 0.25) is 39.3 Å². The summed E-state index contributed by atoms with van der Waals surface area (Å²) in [5, 5.41) is 22.6. The largest absolute Gasteiger partial charge is 0.542 e. The Bertz CT molecular complexity index is 1020. The molecule has 4 nitrogen and oxygen atoms in total. The molecule has 0 heterocycles. The molecule has 0 aromatic heterocycles. The minimum Gasteiger partial charge on any atom is -0.542 e. The summed E-state index contributed by atoms with van der Waals surface area (Å²) in [5.74, 6) is 1.15. The van der Waals surface area contributed by atoms with Gasteiger partial charge in [0.2, 0.25) is 16.6 Å². The Kier molecular flexibility index (Phi) is 5.20. The minimum absolute atomic E-state index is 0.128. The van der Waals surface area contributed by atoms with Crippen LogP contribution in [0.1, 0.15) is 0 Å². The number of fused-ring (bicyclic) bond motifs is 1. The molecule has 0 aliphatic rings. The maximum atomic E-state index is 10.6. The molecule has 0 aliphatic heterocycles. The summed E-state index contributed by atoms with van der Waals surface area (Å²) in [6.45, 7) is 12.8. The van der Waals surface area contributed by atoms with E-state index in [0.717, 1.165) is 22.1 Å². The van der Waals surface area contributed by atoms with Crippen molar-refractivity contribution in [3.63, 3.8) is 0 Å². The van der Waals surface area contributed by atoms with Gasteiger partial charge in [-0.2, -0.15) is 0 Å². The Morgan fingerprint density at radius 1 is 0.714 bits per heavy atom. The zero-order chi connectivity index (χ0) is 20.7. The zero-order valence-electron chi connectivity index (χ0n) is 17.3. The highest BCUT2D eigenvalue weighted by Gasteiger charge is 2.24.